The van der Waals surface area contributed by atoms with Crippen LogP contribution in [0.25, 0.3) is 27.7 Å². The second-order valence-corrected chi connectivity index (χ2v) is 8.12. The van der Waals surface area contributed by atoms with Crippen LogP contribution in [0.4, 0.5) is 11.5 Å². The zero-order chi connectivity index (χ0) is 18.4. The van der Waals surface area contributed by atoms with Crippen molar-refractivity contribution in [2.45, 2.75) is 18.8 Å². The van der Waals surface area contributed by atoms with Gasteiger partial charge in [0, 0.05) is 28.6 Å². The number of aromatic nitrogens is 4. The van der Waals surface area contributed by atoms with Crippen molar-refractivity contribution in [2.24, 2.45) is 0 Å². The normalized spacial score (nSPS) is 15.6. The van der Waals surface area contributed by atoms with Gasteiger partial charge in [0.05, 0.1) is 23.1 Å². The molecule has 0 aliphatic carbocycles. The molecule has 5 rings (SSSR count). The number of fused-ring (bicyclic) bond motifs is 2. The number of pyridine rings is 1. The first-order chi connectivity index (χ1) is 13.2. The van der Waals surface area contributed by atoms with Crippen LogP contribution in [-0.2, 0) is 0 Å². The van der Waals surface area contributed by atoms with Crippen LogP contribution in [0.5, 0.6) is 0 Å². The Bertz CT molecular complexity index is 1150. The minimum Gasteiger partial charge on any atom is -0.394 e. The Morgan fingerprint density at radius 1 is 1.07 bits per heavy atom. The Kier molecular flexibility index (Phi) is 3.89. The highest BCUT2D eigenvalue weighted by molar-refractivity contribution is 7.99. The number of para-hydroxylation sites is 1. The quantitative estimate of drug-likeness (QED) is 0.554. The molecule has 0 radical (unpaired) electrons. The summed E-state index contributed by atoms with van der Waals surface area (Å²) in [5.74, 6) is 3.10. The minimum absolute atomic E-state index is 0.357. The van der Waals surface area contributed by atoms with Gasteiger partial charge in [0.15, 0.2) is 11.5 Å². The molecule has 136 valence electrons. The summed E-state index contributed by atoms with van der Waals surface area (Å²) >= 11 is 1.98. The molecular formula is C20H20N6S. The van der Waals surface area contributed by atoms with E-state index in [1.165, 1.54) is 0 Å². The fourth-order valence-corrected chi connectivity index (χ4v) is 4.86. The number of hydrogen-bond donors (Lipinski definition) is 2. The molecule has 4 heterocycles. The number of rotatable bonds is 2. The van der Waals surface area contributed by atoms with Crippen molar-refractivity contribution in [2.75, 3.05) is 23.0 Å². The Hall–Kier alpha value is -2.80. The van der Waals surface area contributed by atoms with Gasteiger partial charge in [0.2, 0.25) is 0 Å². The highest BCUT2D eigenvalue weighted by atomic mass is 32.2. The maximum atomic E-state index is 6.33. The summed E-state index contributed by atoms with van der Waals surface area (Å²) in [7, 11) is 0. The minimum atomic E-state index is 0.357. The van der Waals surface area contributed by atoms with Crippen LogP contribution in [0.2, 0.25) is 0 Å². The zero-order valence-electron chi connectivity index (χ0n) is 14.8. The SMILES string of the molecule is Nc1c(C2CCSCC2)nc2c(-c3cnc4ccccc4c3)cnn2c1N. The number of nitrogen functional groups attached to an aromatic ring is 2. The maximum Gasteiger partial charge on any atom is 0.165 e. The molecule has 4 N–H and O–H groups in total. The van der Waals surface area contributed by atoms with Crippen molar-refractivity contribution in [3.8, 4) is 11.1 Å². The Morgan fingerprint density at radius 2 is 1.89 bits per heavy atom. The van der Waals surface area contributed by atoms with Gasteiger partial charge in [-0.2, -0.15) is 21.4 Å². The summed E-state index contributed by atoms with van der Waals surface area (Å²) in [6, 6.07) is 10.2. The van der Waals surface area contributed by atoms with Gasteiger partial charge >= 0.3 is 0 Å². The molecule has 1 aliphatic rings. The fraction of sp³-hybridized carbons (Fsp3) is 0.250. The van der Waals surface area contributed by atoms with E-state index in [1.807, 2.05) is 36.2 Å². The van der Waals surface area contributed by atoms with Gasteiger partial charge in [-0.15, -0.1) is 0 Å². The van der Waals surface area contributed by atoms with Gasteiger partial charge in [-0.1, -0.05) is 18.2 Å². The molecule has 1 aromatic carbocycles. The molecule has 0 atom stereocenters. The molecule has 0 saturated carbocycles. The molecular weight excluding hydrogens is 356 g/mol. The van der Waals surface area contributed by atoms with Gasteiger partial charge in [-0.3, -0.25) is 4.98 Å². The van der Waals surface area contributed by atoms with Crippen molar-refractivity contribution in [3.05, 3.63) is 48.4 Å². The molecule has 0 spiro atoms. The number of nitrogens with zero attached hydrogens (tertiary/aromatic N) is 4. The maximum absolute atomic E-state index is 6.33. The monoisotopic (exact) mass is 376 g/mol. The van der Waals surface area contributed by atoms with Crippen LogP contribution >= 0.6 is 11.8 Å². The first kappa shape index (κ1) is 16.4. The Balaban J connectivity index is 1.69. The van der Waals surface area contributed by atoms with E-state index in [4.69, 9.17) is 16.5 Å². The molecule has 7 heteroatoms. The van der Waals surface area contributed by atoms with Gasteiger partial charge in [0.25, 0.3) is 0 Å². The smallest absolute Gasteiger partial charge is 0.165 e. The molecule has 4 aromatic rings. The first-order valence-corrected chi connectivity index (χ1v) is 10.2. The molecule has 0 amide bonds. The molecule has 0 bridgehead atoms. The topological polar surface area (TPSA) is 95.1 Å². The summed E-state index contributed by atoms with van der Waals surface area (Å²) in [4.78, 5) is 9.51. The fourth-order valence-electron chi connectivity index (χ4n) is 3.75. The predicted molar refractivity (Wildman–Crippen MR) is 112 cm³/mol. The van der Waals surface area contributed by atoms with Gasteiger partial charge in [0.1, 0.15) is 0 Å². The van der Waals surface area contributed by atoms with Crippen molar-refractivity contribution >= 4 is 39.8 Å². The Labute approximate surface area is 161 Å². The van der Waals surface area contributed by atoms with Crippen molar-refractivity contribution in [3.63, 3.8) is 0 Å². The number of nitrogens with two attached hydrogens (primary N) is 2. The molecule has 1 fully saturated rings. The van der Waals surface area contributed by atoms with E-state index in [-0.39, 0.29) is 0 Å². The van der Waals surface area contributed by atoms with Crippen LogP contribution in [0, 0.1) is 0 Å². The van der Waals surface area contributed by atoms with E-state index in [0.29, 0.717) is 17.4 Å². The van der Waals surface area contributed by atoms with Gasteiger partial charge in [-0.25, -0.2) is 4.98 Å². The zero-order valence-corrected chi connectivity index (χ0v) is 15.6. The lowest BCUT2D eigenvalue weighted by Gasteiger charge is -2.23. The van der Waals surface area contributed by atoms with Gasteiger partial charge in [-0.05, 0) is 36.5 Å². The molecule has 27 heavy (non-hydrogen) atoms. The predicted octanol–water partition coefficient (Wildman–Crippen LogP) is 3.72. The molecule has 3 aromatic heterocycles. The second kappa shape index (κ2) is 6.42. The lowest BCUT2D eigenvalue weighted by molar-refractivity contribution is 0.621. The molecule has 0 unspecified atom stereocenters. The summed E-state index contributed by atoms with van der Waals surface area (Å²) in [6.07, 6.45) is 5.83. The molecule has 1 aliphatic heterocycles. The van der Waals surface area contributed by atoms with E-state index in [1.54, 1.807) is 10.7 Å². The molecule has 1 saturated heterocycles. The van der Waals surface area contributed by atoms with Crippen LogP contribution in [-0.4, -0.2) is 31.1 Å². The molecule has 6 nitrogen and oxygen atoms in total. The van der Waals surface area contributed by atoms with Gasteiger partial charge < -0.3 is 11.5 Å². The average molecular weight is 376 g/mol. The number of anilines is 2. The second-order valence-electron chi connectivity index (χ2n) is 6.89. The van der Waals surface area contributed by atoms with Crippen molar-refractivity contribution in [1.29, 1.82) is 0 Å². The summed E-state index contributed by atoms with van der Waals surface area (Å²) in [5.41, 5.74) is 17.7. The van der Waals surface area contributed by atoms with Crippen molar-refractivity contribution in [1.82, 2.24) is 19.6 Å². The third-order valence-electron chi connectivity index (χ3n) is 5.26. The summed E-state index contributed by atoms with van der Waals surface area (Å²) in [6.45, 7) is 0. The summed E-state index contributed by atoms with van der Waals surface area (Å²) < 4.78 is 1.64. The largest absolute Gasteiger partial charge is 0.394 e. The number of thioether (sulfide) groups is 1. The lowest BCUT2D eigenvalue weighted by atomic mass is 9.97. The van der Waals surface area contributed by atoms with E-state index < -0.39 is 0 Å². The van der Waals surface area contributed by atoms with E-state index >= 15 is 0 Å². The van der Waals surface area contributed by atoms with Crippen LogP contribution in [0.15, 0.2) is 42.7 Å². The third kappa shape index (κ3) is 2.70. The van der Waals surface area contributed by atoms with E-state index in [0.717, 1.165) is 57.7 Å². The van der Waals surface area contributed by atoms with Crippen molar-refractivity contribution < 1.29 is 0 Å². The highest BCUT2D eigenvalue weighted by Gasteiger charge is 2.24. The standard InChI is InChI=1S/C20H20N6S/c21-17-18(12-5-7-27-8-6-12)25-20-15(11-24-26(20)19(17)22)14-9-13-3-1-2-4-16(13)23-10-14/h1-4,9-12H,5-8,21-22H2. The van der Waals surface area contributed by atoms with E-state index in [9.17, 15) is 0 Å². The number of hydrogen-bond acceptors (Lipinski definition) is 6. The Morgan fingerprint density at radius 3 is 2.74 bits per heavy atom. The third-order valence-corrected chi connectivity index (χ3v) is 6.31. The van der Waals surface area contributed by atoms with Crippen LogP contribution in [0.1, 0.15) is 24.5 Å². The first-order valence-electron chi connectivity index (χ1n) is 9.08. The summed E-state index contributed by atoms with van der Waals surface area (Å²) in [5, 5.41) is 5.52. The lowest BCUT2D eigenvalue weighted by Crippen LogP contribution is -2.15. The van der Waals surface area contributed by atoms with E-state index in [2.05, 4.69) is 22.2 Å². The number of benzene rings is 1. The highest BCUT2D eigenvalue weighted by Crippen LogP contribution is 2.37. The van der Waals surface area contributed by atoms with Crippen LogP contribution < -0.4 is 11.5 Å². The van der Waals surface area contributed by atoms with Crippen LogP contribution in [0.3, 0.4) is 0 Å². The average Bonchev–Trinajstić information content (AvgIpc) is 3.15.